The van der Waals surface area contributed by atoms with E-state index in [0.29, 0.717) is 0 Å². The third kappa shape index (κ3) is 3.95. The highest BCUT2D eigenvalue weighted by Crippen LogP contribution is 2.15. The van der Waals surface area contributed by atoms with Crippen LogP contribution < -0.4 is 17.2 Å². The maximum Gasteiger partial charge on any atom is 0.256 e. The number of carbonyl (C=O) groups excluding carboxylic acids is 3. The molecule has 0 spiro atoms. The van der Waals surface area contributed by atoms with Gasteiger partial charge in [-0.05, 0) is 18.2 Å². The van der Waals surface area contributed by atoms with Gasteiger partial charge in [-0.1, -0.05) is 0 Å². The topological polar surface area (TPSA) is 133 Å². The zero-order chi connectivity index (χ0) is 14.6. The van der Waals surface area contributed by atoms with Crippen molar-refractivity contribution in [3.8, 4) is 0 Å². The monoisotopic (exact) mass is 268 g/mol. The van der Waals surface area contributed by atoms with Gasteiger partial charge in [0, 0.05) is 5.69 Å². The van der Waals surface area contributed by atoms with Crippen LogP contribution in [0.2, 0.25) is 0 Å². The van der Waals surface area contributed by atoms with Gasteiger partial charge in [0.15, 0.2) is 0 Å². The number of rotatable bonds is 5. The van der Waals surface area contributed by atoms with E-state index in [4.69, 9.17) is 17.2 Å². The Morgan fingerprint density at radius 2 is 1.63 bits per heavy atom. The van der Waals surface area contributed by atoms with E-state index in [0.717, 1.165) is 23.1 Å². The quantitative estimate of drug-likeness (QED) is 0.580. The number of anilines is 1. The zero-order valence-corrected chi connectivity index (χ0v) is 9.93. The molecular formula is C11H13FN4O3. The molecule has 1 aromatic carbocycles. The fourth-order valence-electron chi connectivity index (χ4n) is 1.47. The van der Waals surface area contributed by atoms with Gasteiger partial charge in [0.2, 0.25) is 11.8 Å². The molecule has 102 valence electrons. The molecule has 8 heteroatoms. The number of nitrogen functional groups attached to an aromatic ring is 1. The van der Waals surface area contributed by atoms with E-state index in [-0.39, 0.29) is 11.3 Å². The van der Waals surface area contributed by atoms with Crippen LogP contribution in [0.4, 0.5) is 10.1 Å². The number of hydrogen-bond acceptors (Lipinski definition) is 4. The molecule has 0 saturated heterocycles. The Morgan fingerprint density at radius 1 is 1.11 bits per heavy atom. The lowest BCUT2D eigenvalue weighted by Gasteiger charge is -2.20. The summed E-state index contributed by atoms with van der Waals surface area (Å²) in [7, 11) is 0. The van der Waals surface area contributed by atoms with E-state index in [2.05, 4.69) is 0 Å². The smallest absolute Gasteiger partial charge is 0.256 e. The number of amides is 3. The van der Waals surface area contributed by atoms with E-state index >= 15 is 0 Å². The largest absolute Gasteiger partial charge is 0.398 e. The molecule has 0 aliphatic heterocycles. The summed E-state index contributed by atoms with van der Waals surface area (Å²) >= 11 is 0. The van der Waals surface area contributed by atoms with Gasteiger partial charge >= 0.3 is 0 Å². The van der Waals surface area contributed by atoms with Crippen LogP contribution in [-0.4, -0.2) is 35.7 Å². The first-order chi connectivity index (χ1) is 8.81. The van der Waals surface area contributed by atoms with Gasteiger partial charge in [0.05, 0.1) is 5.56 Å². The maximum atomic E-state index is 12.9. The summed E-state index contributed by atoms with van der Waals surface area (Å²) < 4.78 is 12.9. The lowest BCUT2D eigenvalue weighted by Crippen LogP contribution is -2.43. The van der Waals surface area contributed by atoms with Crippen LogP contribution in [0.25, 0.3) is 0 Å². The molecule has 19 heavy (non-hydrogen) atoms. The zero-order valence-electron chi connectivity index (χ0n) is 9.93. The summed E-state index contributed by atoms with van der Waals surface area (Å²) in [6.07, 6.45) is 0. The van der Waals surface area contributed by atoms with Gasteiger partial charge in [0.1, 0.15) is 18.9 Å². The summed E-state index contributed by atoms with van der Waals surface area (Å²) in [5.74, 6) is -2.95. The van der Waals surface area contributed by atoms with Crippen LogP contribution in [-0.2, 0) is 9.59 Å². The Morgan fingerprint density at radius 3 is 2.05 bits per heavy atom. The van der Waals surface area contributed by atoms with Gasteiger partial charge in [-0.25, -0.2) is 4.39 Å². The van der Waals surface area contributed by atoms with Crippen LogP contribution in [0.5, 0.6) is 0 Å². The third-order valence-corrected chi connectivity index (χ3v) is 2.22. The highest BCUT2D eigenvalue weighted by molar-refractivity contribution is 6.02. The molecule has 0 aliphatic rings. The standard InChI is InChI=1S/C11H13FN4O3/c12-6-1-2-7(8(13)3-6)11(19)16(4-9(14)17)5-10(15)18/h1-3H,4-5,13H2,(H2,14,17)(H2,15,18). The first-order valence-corrected chi connectivity index (χ1v) is 5.22. The van der Waals surface area contributed by atoms with Crippen molar-refractivity contribution < 1.29 is 18.8 Å². The molecule has 0 bridgehead atoms. The average Bonchev–Trinajstić information content (AvgIpc) is 2.26. The Labute approximate surface area is 108 Å². The van der Waals surface area contributed by atoms with Crippen LogP contribution in [0.1, 0.15) is 10.4 Å². The lowest BCUT2D eigenvalue weighted by molar-refractivity contribution is -0.121. The molecule has 0 saturated carbocycles. The number of carbonyl (C=O) groups is 3. The van der Waals surface area contributed by atoms with Crippen molar-refractivity contribution in [1.82, 2.24) is 4.90 Å². The third-order valence-electron chi connectivity index (χ3n) is 2.22. The van der Waals surface area contributed by atoms with Crippen molar-refractivity contribution in [3.05, 3.63) is 29.6 Å². The minimum absolute atomic E-state index is 0.0381. The normalized spacial score (nSPS) is 9.95. The van der Waals surface area contributed by atoms with E-state index in [9.17, 15) is 18.8 Å². The summed E-state index contributed by atoms with van der Waals surface area (Å²) in [5, 5.41) is 0. The van der Waals surface area contributed by atoms with Gasteiger partial charge in [0.25, 0.3) is 5.91 Å². The van der Waals surface area contributed by atoms with Crippen LogP contribution in [0.3, 0.4) is 0 Å². The maximum absolute atomic E-state index is 12.9. The number of nitrogens with two attached hydrogens (primary N) is 3. The minimum atomic E-state index is -0.810. The number of halogens is 1. The van der Waals surface area contributed by atoms with E-state index in [1.54, 1.807) is 0 Å². The SMILES string of the molecule is NC(=O)CN(CC(N)=O)C(=O)c1ccc(F)cc1N. The number of primary amides is 2. The fraction of sp³-hybridized carbons (Fsp3) is 0.182. The average molecular weight is 268 g/mol. The van der Waals surface area contributed by atoms with Crippen LogP contribution >= 0.6 is 0 Å². The first kappa shape index (κ1) is 14.4. The predicted octanol–water partition coefficient (Wildman–Crippen LogP) is -1.18. The molecular weight excluding hydrogens is 255 g/mol. The summed E-state index contributed by atoms with van der Waals surface area (Å²) in [4.78, 5) is 34.6. The molecule has 0 unspecified atom stereocenters. The van der Waals surface area contributed by atoms with Crippen molar-refractivity contribution in [2.75, 3.05) is 18.8 Å². The van der Waals surface area contributed by atoms with Gasteiger partial charge in [-0.2, -0.15) is 0 Å². The number of hydrogen-bond donors (Lipinski definition) is 3. The second-order valence-corrected chi connectivity index (χ2v) is 3.83. The van der Waals surface area contributed by atoms with Gasteiger partial charge in [-0.15, -0.1) is 0 Å². The molecule has 0 aromatic heterocycles. The molecule has 1 aromatic rings. The van der Waals surface area contributed by atoms with E-state index in [1.165, 1.54) is 0 Å². The van der Waals surface area contributed by atoms with Crippen LogP contribution in [0.15, 0.2) is 18.2 Å². The van der Waals surface area contributed by atoms with Crippen molar-refractivity contribution in [2.45, 2.75) is 0 Å². The lowest BCUT2D eigenvalue weighted by atomic mass is 10.1. The number of benzene rings is 1. The van der Waals surface area contributed by atoms with Gasteiger partial charge in [-0.3, -0.25) is 14.4 Å². The Balaban J connectivity index is 3.04. The Kier molecular flexibility index (Phi) is 4.41. The first-order valence-electron chi connectivity index (χ1n) is 5.22. The highest BCUT2D eigenvalue weighted by Gasteiger charge is 2.21. The molecule has 3 amide bonds. The molecule has 1 rings (SSSR count). The van der Waals surface area contributed by atoms with Crippen molar-refractivity contribution in [2.24, 2.45) is 11.5 Å². The van der Waals surface area contributed by atoms with Crippen molar-refractivity contribution >= 4 is 23.4 Å². The van der Waals surface area contributed by atoms with E-state index < -0.39 is 36.6 Å². The Hall–Kier alpha value is -2.64. The molecule has 0 radical (unpaired) electrons. The molecule has 0 heterocycles. The van der Waals surface area contributed by atoms with Crippen molar-refractivity contribution in [3.63, 3.8) is 0 Å². The number of nitrogens with zero attached hydrogens (tertiary/aromatic N) is 1. The Bertz CT molecular complexity index is 517. The van der Waals surface area contributed by atoms with Gasteiger partial charge < -0.3 is 22.1 Å². The molecule has 7 nitrogen and oxygen atoms in total. The highest BCUT2D eigenvalue weighted by atomic mass is 19.1. The molecule has 6 N–H and O–H groups in total. The summed E-state index contributed by atoms with van der Waals surface area (Å²) in [6, 6.07) is 3.15. The molecule has 0 fully saturated rings. The second kappa shape index (κ2) is 5.80. The fourth-order valence-corrected chi connectivity index (χ4v) is 1.47. The minimum Gasteiger partial charge on any atom is -0.398 e. The van der Waals surface area contributed by atoms with Crippen molar-refractivity contribution in [1.29, 1.82) is 0 Å². The predicted molar refractivity (Wildman–Crippen MR) is 65.1 cm³/mol. The second-order valence-electron chi connectivity index (χ2n) is 3.83. The summed E-state index contributed by atoms with van der Waals surface area (Å²) in [5.41, 5.74) is 15.3. The van der Waals surface area contributed by atoms with E-state index in [1.807, 2.05) is 0 Å². The summed E-state index contributed by atoms with van der Waals surface area (Å²) in [6.45, 7) is -0.975. The molecule has 0 aliphatic carbocycles. The molecule has 0 atom stereocenters. The van der Waals surface area contributed by atoms with Crippen LogP contribution in [0, 0.1) is 5.82 Å².